The maximum atomic E-state index is 11.8. The van der Waals surface area contributed by atoms with Crippen molar-refractivity contribution in [3.63, 3.8) is 0 Å². The summed E-state index contributed by atoms with van der Waals surface area (Å²) in [5, 5.41) is 0. The lowest BCUT2D eigenvalue weighted by Crippen LogP contribution is -2.39. The second-order valence-electron chi connectivity index (χ2n) is 5.39. The first-order valence-electron chi connectivity index (χ1n) is 5.71. The molecule has 1 rings (SSSR count). The van der Waals surface area contributed by atoms with E-state index in [1.807, 2.05) is 0 Å². The molecule has 0 bridgehead atoms. The largest absolute Gasteiger partial charge is 0.469 e. The lowest BCUT2D eigenvalue weighted by molar-refractivity contribution is -0.141. The van der Waals surface area contributed by atoms with Gasteiger partial charge in [-0.3, -0.25) is 4.79 Å². The molecule has 0 aromatic heterocycles. The smallest absolute Gasteiger partial charge is 0.306 e. The highest BCUT2D eigenvalue weighted by Crippen LogP contribution is 2.37. The van der Waals surface area contributed by atoms with Gasteiger partial charge < -0.3 is 4.74 Å². The molecular formula is C12H22O2Si. The molecule has 0 amide bonds. The minimum atomic E-state index is -1.48. The molecule has 0 N–H and O–H groups in total. The van der Waals surface area contributed by atoms with Crippen molar-refractivity contribution in [2.45, 2.75) is 44.4 Å². The number of esters is 1. The first kappa shape index (κ1) is 12.5. The van der Waals surface area contributed by atoms with Gasteiger partial charge in [0.1, 0.15) is 0 Å². The summed E-state index contributed by atoms with van der Waals surface area (Å²) in [7, 11) is 0.0181. The van der Waals surface area contributed by atoms with Crippen molar-refractivity contribution < 1.29 is 9.53 Å². The number of hydrogen-bond donors (Lipinski definition) is 0. The van der Waals surface area contributed by atoms with E-state index in [2.05, 4.69) is 31.8 Å². The monoisotopic (exact) mass is 226 g/mol. The zero-order valence-electron chi connectivity index (χ0n) is 10.2. The molecule has 3 heteroatoms. The average Bonchev–Trinajstić information content (AvgIpc) is 2.17. The van der Waals surface area contributed by atoms with Crippen molar-refractivity contribution >= 4 is 14.0 Å². The zero-order valence-corrected chi connectivity index (χ0v) is 11.2. The molecular weight excluding hydrogens is 204 g/mol. The van der Waals surface area contributed by atoms with Gasteiger partial charge in [-0.25, -0.2) is 0 Å². The summed E-state index contributed by atoms with van der Waals surface area (Å²) in [5.74, 6) is 0.406. The van der Waals surface area contributed by atoms with Crippen LogP contribution in [-0.4, -0.2) is 21.2 Å². The molecule has 2 atom stereocenters. The van der Waals surface area contributed by atoms with Gasteiger partial charge in [-0.15, -0.1) is 0 Å². The number of rotatable bonds is 3. The Bertz CT molecular complexity index is 253. The van der Waals surface area contributed by atoms with Crippen LogP contribution >= 0.6 is 0 Å². The van der Waals surface area contributed by atoms with Gasteiger partial charge >= 0.3 is 5.97 Å². The fourth-order valence-electron chi connectivity index (χ4n) is 2.41. The van der Waals surface area contributed by atoms with Crippen LogP contribution in [0.5, 0.6) is 0 Å². The van der Waals surface area contributed by atoms with Crippen LogP contribution in [-0.2, 0) is 9.53 Å². The molecule has 2 unspecified atom stereocenters. The van der Waals surface area contributed by atoms with Crippen LogP contribution in [0.1, 0.15) is 19.3 Å². The van der Waals surface area contributed by atoms with E-state index < -0.39 is 8.07 Å². The van der Waals surface area contributed by atoms with Crippen molar-refractivity contribution in [3.05, 3.63) is 12.2 Å². The molecule has 0 saturated carbocycles. The van der Waals surface area contributed by atoms with E-state index in [-0.39, 0.29) is 11.5 Å². The van der Waals surface area contributed by atoms with Crippen LogP contribution in [0.15, 0.2) is 12.2 Å². The van der Waals surface area contributed by atoms with Gasteiger partial charge in [-0.1, -0.05) is 31.8 Å². The fraction of sp³-hybridized carbons (Fsp3) is 0.750. The van der Waals surface area contributed by atoms with Crippen LogP contribution < -0.4 is 0 Å². The predicted molar refractivity (Wildman–Crippen MR) is 65.6 cm³/mol. The lowest BCUT2D eigenvalue weighted by atomic mass is 9.92. The van der Waals surface area contributed by atoms with Gasteiger partial charge in [0.25, 0.3) is 0 Å². The summed E-state index contributed by atoms with van der Waals surface area (Å²) in [6.07, 6.45) is 7.95. The molecule has 0 spiro atoms. The maximum absolute atomic E-state index is 11.8. The summed E-state index contributed by atoms with van der Waals surface area (Å²) < 4.78 is 4.95. The van der Waals surface area contributed by atoms with Gasteiger partial charge in [0.05, 0.1) is 20.7 Å². The Kier molecular flexibility index (Phi) is 4.14. The number of allylic oxidation sites excluding steroid dienone is 2. The Balaban J connectivity index is 2.85. The van der Waals surface area contributed by atoms with Crippen LogP contribution in [0.2, 0.25) is 25.2 Å². The fourth-order valence-corrected chi connectivity index (χ4v) is 4.80. The molecule has 86 valence electrons. The van der Waals surface area contributed by atoms with E-state index in [0.29, 0.717) is 5.92 Å². The molecule has 1 aliphatic carbocycles. The van der Waals surface area contributed by atoms with Crippen LogP contribution in [0.3, 0.4) is 0 Å². The highest BCUT2D eigenvalue weighted by atomic mass is 28.3. The second kappa shape index (κ2) is 4.97. The first-order valence-corrected chi connectivity index (χ1v) is 9.29. The minimum Gasteiger partial charge on any atom is -0.469 e. The van der Waals surface area contributed by atoms with E-state index in [1.165, 1.54) is 13.5 Å². The highest BCUT2D eigenvalue weighted by Gasteiger charge is 2.39. The van der Waals surface area contributed by atoms with E-state index >= 15 is 0 Å². The molecule has 2 nitrogen and oxygen atoms in total. The number of hydrogen-bond acceptors (Lipinski definition) is 2. The SMILES string of the molecule is COC(=O)C(C1C=CCCC1)[Si](C)(C)C. The Hall–Kier alpha value is -0.573. The third-order valence-corrected chi connectivity index (χ3v) is 5.64. The summed E-state index contributed by atoms with van der Waals surface area (Å²) in [6.45, 7) is 6.74. The lowest BCUT2D eigenvalue weighted by Gasteiger charge is -2.33. The Labute approximate surface area is 93.7 Å². The molecule has 0 aromatic rings. The van der Waals surface area contributed by atoms with Gasteiger partial charge in [0.15, 0.2) is 0 Å². The Morgan fingerprint density at radius 2 is 2.13 bits per heavy atom. The molecule has 0 aliphatic heterocycles. The highest BCUT2D eigenvalue weighted by molar-refractivity contribution is 6.80. The number of carbonyl (C=O) groups is 1. The molecule has 1 aliphatic rings. The van der Waals surface area contributed by atoms with Gasteiger partial charge in [0.2, 0.25) is 0 Å². The van der Waals surface area contributed by atoms with E-state index in [9.17, 15) is 4.79 Å². The van der Waals surface area contributed by atoms with E-state index in [0.717, 1.165) is 12.8 Å². The standard InChI is InChI=1S/C12H22O2Si/c1-14-12(13)11(15(2,3)4)10-8-6-5-7-9-10/h6,8,10-11H,5,7,9H2,1-4H3. The molecule has 0 heterocycles. The quantitative estimate of drug-likeness (QED) is 0.419. The van der Waals surface area contributed by atoms with Crippen molar-refractivity contribution in [1.29, 1.82) is 0 Å². The molecule has 0 radical (unpaired) electrons. The summed E-state index contributed by atoms with van der Waals surface area (Å²) in [5.41, 5.74) is 0.124. The van der Waals surface area contributed by atoms with Crippen molar-refractivity contribution in [1.82, 2.24) is 0 Å². The minimum absolute atomic E-state index is 0.00860. The second-order valence-corrected chi connectivity index (χ2v) is 10.7. The van der Waals surface area contributed by atoms with E-state index in [4.69, 9.17) is 4.74 Å². The third-order valence-electron chi connectivity index (χ3n) is 3.11. The van der Waals surface area contributed by atoms with Gasteiger partial charge in [-0.2, -0.15) is 0 Å². The topological polar surface area (TPSA) is 26.3 Å². The summed E-state index contributed by atoms with van der Waals surface area (Å²) in [6, 6.07) is 0. The Morgan fingerprint density at radius 1 is 1.47 bits per heavy atom. The van der Waals surface area contributed by atoms with Crippen molar-refractivity contribution in [3.8, 4) is 0 Å². The molecule has 0 aromatic carbocycles. The van der Waals surface area contributed by atoms with E-state index in [1.54, 1.807) is 0 Å². The number of carbonyl (C=O) groups excluding carboxylic acids is 1. The number of methoxy groups -OCH3 is 1. The normalized spacial score (nSPS) is 23.6. The summed E-state index contributed by atoms with van der Waals surface area (Å²) in [4.78, 5) is 11.8. The third kappa shape index (κ3) is 3.19. The van der Waals surface area contributed by atoms with Crippen LogP contribution in [0.25, 0.3) is 0 Å². The van der Waals surface area contributed by atoms with Crippen LogP contribution in [0, 0.1) is 5.92 Å². The molecule has 0 saturated heterocycles. The predicted octanol–water partition coefficient (Wildman–Crippen LogP) is 3.22. The van der Waals surface area contributed by atoms with Gasteiger partial charge in [-0.05, 0) is 25.2 Å². The molecule has 0 fully saturated rings. The maximum Gasteiger partial charge on any atom is 0.306 e. The zero-order chi connectivity index (χ0) is 11.5. The van der Waals surface area contributed by atoms with Gasteiger partial charge in [0, 0.05) is 0 Å². The summed E-state index contributed by atoms with van der Waals surface area (Å²) >= 11 is 0. The Morgan fingerprint density at radius 3 is 2.53 bits per heavy atom. The first-order chi connectivity index (χ1) is 6.96. The van der Waals surface area contributed by atoms with Crippen molar-refractivity contribution in [2.75, 3.05) is 7.11 Å². The average molecular weight is 226 g/mol. The number of ether oxygens (including phenoxy) is 1. The van der Waals surface area contributed by atoms with Crippen molar-refractivity contribution in [2.24, 2.45) is 5.92 Å². The molecule has 15 heavy (non-hydrogen) atoms. The van der Waals surface area contributed by atoms with Crippen LogP contribution in [0.4, 0.5) is 0 Å².